The fraction of sp³-hybridized carbons (Fsp3) is 0.377. The van der Waals surface area contributed by atoms with Gasteiger partial charge in [0.15, 0.2) is 0 Å². The molecular weight excluding hydrogens is 865 g/mol. The molecule has 0 amide bonds. The van der Waals surface area contributed by atoms with Gasteiger partial charge in [-0.1, -0.05) is 86.8 Å². The summed E-state index contributed by atoms with van der Waals surface area (Å²) in [5.74, 6) is 0. The molecule has 0 spiro atoms. The van der Waals surface area contributed by atoms with Gasteiger partial charge in [-0.3, -0.25) is 0 Å². The summed E-state index contributed by atoms with van der Waals surface area (Å²) < 4.78 is 1.12. The van der Waals surface area contributed by atoms with Gasteiger partial charge in [0.05, 0.1) is 0 Å². The molecule has 2 saturated carbocycles. The van der Waals surface area contributed by atoms with Crippen LogP contribution in [0.1, 0.15) is 127 Å². The third kappa shape index (κ3) is 10.9. The Hall–Kier alpha value is -3.63. The Morgan fingerprint density at radius 2 is 0.900 bits per heavy atom. The summed E-state index contributed by atoms with van der Waals surface area (Å²) in [4.78, 5) is 9.47. The van der Waals surface area contributed by atoms with Gasteiger partial charge in [0.25, 0.3) is 0 Å². The first-order chi connectivity index (χ1) is 29.1. The van der Waals surface area contributed by atoms with Crippen LogP contribution in [0.5, 0.6) is 0 Å². The second-order valence-electron chi connectivity index (χ2n) is 17.3. The Kier molecular flexibility index (Phi) is 15.5. The van der Waals surface area contributed by atoms with Gasteiger partial charge < -0.3 is 19.6 Å². The number of fused-ring (bicyclic) bond motifs is 1. The molecule has 0 aromatic heterocycles. The van der Waals surface area contributed by atoms with E-state index < -0.39 is 13.5 Å². The number of halogens is 2. The summed E-state index contributed by atoms with van der Waals surface area (Å²) in [6, 6.07) is 29.2. The van der Waals surface area contributed by atoms with Crippen molar-refractivity contribution in [3.05, 3.63) is 173 Å². The van der Waals surface area contributed by atoms with Crippen molar-refractivity contribution in [2.24, 2.45) is 0 Å². The van der Waals surface area contributed by atoms with Crippen molar-refractivity contribution < 1.29 is 13.5 Å². The molecule has 2 aliphatic heterocycles. The number of aryl methyl sites for hydroxylation is 6. The Morgan fingerprint density at radius 3 is 1.32 bits per heavy atom. The fourth-order valence-corrected chi connectivity index (χ4v) is 12.4. The molecule has 4 aromatic carbocycles. The van der Waals surface area contributed by atoms with Crippen LogP contribution in [-0.4, -0.2) is 26.0 Å². The zero-order valence-corrected chi connectivity index (χ0v) is 39.8. The number of nitrogens with zero attached hydrogens (tertiary/aromatic N) is 4. The Labute approximate surface area is 375 Å². The van der Waals surface area contributed by atoms with Crippen molar-refractivity contribution in [3.8, 4) is 0 Å². The van der Waals surface area contributed by atoms with Gasteiger partial charge in [-0.25, -0.2) is 0 Å². The maximum atomic E-state index is 6.19. The van der Waals surface area contributed by atoms with Crippen molar-refractivity contribution in [2.75, 3.05) is 9.80 Å². The fourth-order valence-electron chi connectivity index (χ4n) is 9.87. The van der Waals surface area contributed by atoms with Crippen LogP contribution in [0.2, 0.25) is 0 Å². The minimum atomic E-state index is -1.88. The summed E-state index contributed by atoms with van der Waals surface area (Å²) in [6.07, 6.45) is 27.6. The normalized spacial score (nSPS) is 18.4. The van der Waals surface area contributed by atoms with Crippen LogP contribution in [0.4, 0.5) is 11.4 Å². The van der Waals surface area contributed by atoms with Gasteiger partial charge in [-0.2, -0.15) is 13.3 Å². The monoisotopic (exact) mass is 928 g/mol. The van der Waals surface area contributed by atoms with Gasteiger partial charge in [0, 0.05) is 23.5 Å². The molecule has 4 aromatic rings. The van der Waals surface area contributed by atoms with Crippen LogP contribution < -0.4 is 9.80 Å². The zero-order chi connectivity index (χ0) is 42.2. The molecule has 0 atom stereocenters. The predicted molar refractivity (Wildman–Crippen MR) is 256 cm³/mol. The summed E-state index contributed by atoms with van der Waals surface area (Å²) in [6.45, 7) is 17.8. The zero-order valence-electron chi connectivity index (χ0n) is 36.6. The van der Waals surface area contributed by atoms with Gasteiger partial charge in [-0.05, 0) is 114 Å². The standard InChI is InChI=1S/2C19H27N2.C15H10.2ClH.Ru/c2*1-15-12-16(2)19(17(3)13-15)21-11-10-20(14-21)18-8-6-4-5-7-9-18;1-2-6-12(7-3-1)15-11-10-13-8-4-5-9-14(13)15;;;/h2*10-14,18H,4-9H2,1-3H3;1-9,11H;2*1H;/q2*-1;;;;+2/p-2. The molecule has 0 N–H and O–H groups in total. The van der Waals surface area contributed by atoms with Crippen LogP contribution in [0.3, 0.4) is 0 Å². The number of hydrogen-bond acceptors (Lipinski definition) is 4. The SMILES string of the molecule is Cc1cc(C)c(N2C=CN(C3CCCCCC3)[CH-]2)c(C)c1.Cc1cc(C)c(N2C=CN(C3CCCCCC3)[CH-]2)c(C)c1.[Cl][Ru]([Cl])=[C]1C=C(c2ccccc2)c2ccccc21. The molecule has 0 radical (unpaired) electrons. The average Bonchev–Trinajstić information content (AvgIpc) is 3.87. The number of allylic oxidation sites excluding steroid dienone is 1. The molecule has 0 unspecified atom stereocenters. The van der Waals surface area contributed by atoms with E-state index in [-0.39, 0.29) is 0 Å². The maximum absolute atomic E-state index is 6.19. The molecule has 4 nitrogen and oxygen atoms in total. The molecule has 3 aliphatic carbocycles. The van der Waals surface area contributed by atoms with Crippen molar-refractivity contribution in [2.45, 2.75) is 131 Å². The number of rotatable bonds is 5. The van der Waals surface area contributed by atoms with E-state index >= 15 is 0 Å². The van der Waals surface area contributed by atoms with Crippen LogP contribution in [0.15, 0.2) is 110 Å². The van der Waals surface area contributed by atoms with E-state index in [1.807, 2.05) is 24.3 Å². The Bertz CT molecular complexity index is 2060. The summed E-state index contributed by atoms with van der Waals surface area (Å²) in [7, 11) is 12.4. The quantitative estimate of drug-likeness (QED) is 0.112. The molecule has 5 aliphatic rings. The minimum absolute atomic E-state index is 0.694. The average molecular weight is 929 g/mol. The molecule has 7 heteroatoms. The first-order valence-corrected chi connectivity index (χ1v) is 27.5. The number of benzene rings is 4. The van der Waals surface area contributed by atoms with Crippen LogP contribution in [-0.2, 0) is 13.5 Å². The van der Waals surface area contributed by atoms with Crippen molar-refractivity contribution in [1.82, 2.24) is 9.80 Å². The Morgan fingerprint density at radius 1 is 0.500 bits per heavy atom. The van der Waals surface area contributed by atoms with E-state index in [1.165, 1.54) is 144 Å². The molecule has 60 heavy (non-hydrogen) atoms. The summed E-state index contributed by atoms with van der Waals surface area (Å²) in [5, 5.41) is 0. The molecule has 2 heterocycles. The van der Waals surface area contributed by atoms with Gasteiger partial charge >= 0.3 is 120 Å². The van der Waals surface area contributed by atoms with Crippen molar-refractivity contribution in [1.29, 1.82) is 0 Å². The number of hydrogen-bond donors (Lipinski definition) is 0. The molecular formula is C53H64Cl2N4Ru-2. The van der Waals surface area contributed by atoms with Crippen molar-refractivity contribution in [3.63, 3.8) is 0 Å². The number of anilines is 2. The summed E-state index contributed by atoms with van der Waals surface area (Å²) >= 11 is -1.88. The molecule has 9 rings (SSSR count). The first kappa shape index (κ1) is 44.4. The van der Waals surface area contributed by atoms with E-state index in [0.717, 1.165) is 4.11 Å². The topological polar surface area (TPSA) is 13.0 Å². The third-order valence-electron chi connectivity index (χ3n) is 12.6. The molecule has 320 valence electrons. The van der Waals surface area contributed by atoms with Crippen LogP contribution >= 0.6 is 19.4 Å². The van der Waals surface area contributed by atoms with Gasteiger partial charge in [0.1, 0.15) is 0 Å². The first-order valence-electron chi connectivity index (χ1n) is 22.1. The molecule has 2 fully saturated rings. The van der Waals surface area contributed by atoms with Crippen molar-refractivity contribution >= 4 is 40.4 Å². The van der Waals surface area contributed by atoms with E-state index in [0.29, 0.717) is 12.1 Å². The van der Waals surface area contributed by atoms with E-state index in [4.69, 9.17) is 19.4 Å². The van der Waals surface area contributed by atoms with E-state index in [9.17, 15) is 0 Å². The van der Waals surface area contributed by atoms with E-state index in [2.05, 4.69) is 160 Å². The van der Waals surface area contributed by atoms with Crippen LogP contribution in [0, 0.1) is 54.9 Å². The second-order valence-corrected chi connectivity index (χ2v) is 23.1. The Balaban J connectivity index is 0.000000137. The van der Waals surface area contributed by atoms with Crippen LogP contribution in [0.25, 0.3) is 5.57 Å². The predicted octanol–water partition coefficient (Wildman–Crippen LogP) is 14.7. The van der Waals surface area contributed by atoms with Gasteiger partial charge in [-0.15, -0.1) is 0 Å². The molecule has 0 saturated heterocycles. The van der Waals surface area contributed by atoms with E-state index in [1.54, 1.807) is 0 Å². The molecule has 0 bridgehead atoms. The summed E-state index contributed by atoms with van der Waals surface area (Å²) in [5.41, 5.74) is 15.7. The third-order valence-corrected chi connectivity index (χ3v) is 15.7. The second kappa shape index (κ2) is 21.0. The van der Waals surface area contributed by atoms with Gasteiger partial charge in [0.2, 0.25) is 0 Å².